The van der Waals surface area contributed by atoms with E-state index in [2.05, 4.69) is 0 Å². The Labute approximate surface area is 129 Å². The molecule has 0 aliphatic heterocycles. The molecule has 1 atom stereocenters. The van der Waals surface area contributed by atoms with Gasteiger partial charge in [-0.25, -0.2) is 0 Å². The van der Waals surface area contributed by atoms with Gasteiger partial charge >= 0.3 is 5.97 Å². The first-order chi connectivity index (χ1) is 10.6. The number of carbonyl (C=O) groups is 2. The smallest absolute Gasteiger partial charge is 0.307 e. The topological polar surface area (TPSA) is 80.4 Å². The molecule has 114 valence electrons. The van der Waals surface area contributed by atoms with Crippen molar-refractivity contribution < 1.29 is 14.7 Å². The van der Waals surface area contributed by atoms with Gasteiger partial charge in [0.15, 0.2) is 5.78 Å². The van der Waals surface area contributed by atoms with Gasteiger partial charge in [-0.3, -0.25) is 9.59 Å². The molecule has 4 nitrogen and oxygen atoms in total. The third-order valence-corrected chi connectivity index (χ3v) is 3.62. The van der Waals surface area contributed by atoms with Crippen molar-refractivity contribution in [2.75, 3.05) is 0 Å². The summed E-state index contributed by atoms with van der Waals surface area (Å²) in [6, 6.07) is 16.3. The van der Waals surface area contributed by atoms with Crippen LogP contribution in [-0.2, 0) is 17.8 Å². The van der Waals surface area contributed by atoms with E-state index in [0.717, 1.165) is 11.1 Å². The number of benzene rings is 2. The summed E-state index contributed by atoms with van der Waals surface area (Å²) in [5.41, 5.74) is 7.90. The molecule has 0 spiro atoms. The van der Waals surface area contributed by atoms with E-state index >= 15 is 0 Å². The van der Waals surface area contributed by atoms with Gasteiger partial charge < -0.3 is 10.8 Å². The highest BCUT2D eigenvalue weighted by molar-refractivity contribution is 5.98. The van der Waals surface area contributed by atoms with Crippen LogP contribution in [0.15, 0.2) is 54.6 Å². The molecule has 2 aromatic carbocycles. The van der Waals surface area contributed by atoms with Crippen molar-refractivity contribution in [2.24, 2.45) is 11.7 Å². The van der Waals surface area contributed by atoms with Crippen LogP contribution in [0.3, 0.4) is 0 Å². The van der Waals surface area contributed by atoms with Crippen LogP contribution < -0.4 is 5.73 Å². The van der Waals surface area contributed by atoms with Crippen molar-refractivity contribution >= 4 is 11.8 Å². The van der Waals surface area contributed by atoms with Crippen molar-refractivity contribution in [2.45, 2.75) is 19.4 Å². The third-order valence-electron chi connectivity index (χ3n) is 3.62. The molecule has 0 aliphatic rings. The Balaban J connectivity index is 2.06. The second-order valence-corrected chi connectivity index (χ2v) is 5.25. The first-order valence-electron chi connectivity index (χ1n) is 7.19. The molecule has 0 aliphatic carbocycles. The molecular formula is C18H19NO3. The fourth-order valence-corrected chi connectivity index (χ4v) is 2.31. The van der Waals surface area contributed by atoms with E-state index in [1.165, 1.54) is 0 Å². The molecular weight excluding hydrogens is 278 g/mol. The fraction of sp³-hybridized carbons (Fsp3) is 0.222. The zero-order valence-corrected chi connectivity index (χ0v) is 12.2. The van der Waals surface area contributed by atoms with Crippen LogP contribution in [0.5, 0.6) is 0 Å². The Hall–Kier alpha value is -2.46. The SMILES string of the molecule is NCc1ccc(C(=O)CC(Cc2ccccc2)C(=O)O)cc1. The molecule has 0 fully saturated rings. The minimum absolute atomic E-state index is 0.00774. The second kappa shape index (κ2) is 7.52. The number of carboxylic acid groups (broad SMARTS) is 1. The number of carbonyl (C=O) groups excluding carboxylic acids is 1. The van der Waals surface area contributed by atoms with Gasteiger partial charge in [0.1, 0.15) is 0 Å². The van der Waals surface area contributed by atoms with Crippen molar-refractivity contribution in [3.63, 3.8) is 0 Å². The molecule has 0 radical (unpaired) electrons. The minimum atomic E-state index is -0.948. The predicted molar refractivity (Wildman–Crippen MR) is 84.6 cm³/mol. The summed E-state index contributed by atoms with van der Waals surface area (Å²) in [5, 5.41) is 9.34. The molecule has 4 heteroatoms. The van der Waals surface area contributed by atoms with Crippen LogP contribution in [0, 0.1) is 5.92 Å². The summed E-state index contributed by atoms with van der Waals surface area (Å²) < 4.78 is 0. The third kappa shape index (κ3) is 4.27. The lowest BCUT2D eigenvalue weighted by Crippen LogP contribution is -2.20. The van der Waals surface area contributed by atoms with Crippen LogP contribution in [-0.4, -0.2) is 16.9 Å². The molecule has 0 saturated heterocycles. The summed E-state index contributed by atoms with van der Waals surface area (Å²) in [5.74, 6) is -1.83. The quantitative estimate of drug-likeness (QED) is 0.770. The maximum absolute atomic E-state index is 12.3. The maximum atomic E-state index is 12.3. The molecule has 0 bridgehead atoms. The number of Topliss-reactive ketones (excluding diaryl/α,β-unsaturated/α-hetero) is 1. The van der Waals surface area contributed by atoms with Gasteiger partial charge in [0.2, 0.25) is 0 Å². The van der Waals surface area contributed by atoms with Crippen molar-refractivity contribution in [3.05, 3.63) is 71.3 Å². The average molecular weight is 297 g/mol. The second-order valence-electron chi connectivity index (χ2n) is 5.25. The van der Waals surface area contributed by atoms with E-state index in [4.69, 9.17) is 5.73 Å². The summed E-state index contributed by atoms with van der Waals surface area (Å²) in [6.45, 7) is 0.417. The Bertz CT molecular complexity index is 635. The van der Waals surface area contributed by atoms with Crippen LogP contribution in [0.25, 0.3) is 0 Å². The van der Waals surface area contributed by atoms with E-state index in [0.29, 0.717) is 18.5 Å². The van der Waals surface area contributed by atoms with Crippen molar-refractivity contribution in [1.82, 2.24) is 0 Å². The molecule has 0 saturated carbocycles. The van der Waals surface area contributed by atoms with Crippen molar-refractivity contribution in [1.29, 1.82) is 0 Å². The fourth-order valence-electron chi connectivity index (χ4n) is 2.31. The first-order valence-corrected chi connectivity index (χ1v) is 7.19. The highest BCUT2D eigenvalue weighted by Gasteiger charge is 2.22. The van der Waals surface area contributed by atoms with Gasteiger partial charge in [-0.1, -0.05) is 54.6 Å². The summed E-state index contributed by atoms with van der Waals surface area (Å²) in [6.07, 6.45) is 0.342. The lowest BCUT2D eigenvalue weighted by Gasteiger charge is -2.12. The molecule has 0 aromatic heterocycles. The van der Waals surface area contributed by atoms with Gasteiger partial charge in [0.25, 0.3) is 0 Å². The van der Waals surface area contributed by atoms with E-state index in [9.17, 15) is 14.7 Å². The van der Waals surface area contributed by atoms with E-state index in [-0.39, 0.29) is 12.2 Å². The molecule has 22 heavy (non-hydrogen) atoms. The van der Waals surface area contributed by atoms with Gasteiger partial charge in [-0.15, -0.1) is 0 Å². The van der Waals surface area contributed by atoms with Crippen LogP contribution in [0.1, 0.15) is 27.9 Å². The lowest BCUT2D eigenvalue weighted by molar-refractivity contribution is -0.141. The van der Waals surface area contributed by atoms with Gasteiger partial charge in [-0.05, 0) is 17.5 Å². The largest absolute Gasteiger partial charge is 0.481 e. The molecule has 0 amide bonds. The highest BCUT2D eigenvalue weighted by Crippen LogP contribution is 2.16. The zero-order chi connectivity index (χ0) is 15.9. The normalized spacial score (nSPS) is 11.9. The summed E-state index contributed by atoms with van der Waals surface area (Å²) in [4.78, 5) is 23.7. The number of ketones is 1. The average Bonchev–Trinajstić information content (AvgIpc) is 2.55. The highest BCUT2D eigenvalue weighted by atomic mass is 16.4. The molecule has 0 heterocycles. The monoisotopic (exact) mass is 297 g/mol. The standard InChI is InChI=1S/C18H19NO3/c19-12-14-6-8-15(9-7-14)17(20)11-16(18(21)22)10-13-4-2-1-3-5-13/h1-9,16H,10-12,19H2,(H,21,22). The number of rotatable bonds is 7. The van der Waals surface area contributed by atoms with Gasteiger partial charge in [0, 0.05) is 18.5 Å². The number of hydrogen-bond donors (Lipinski definition) is 2. The first kappa shape index (κ1) is 15.9. The van der Waals surface area contributed by atoms with Crippen LogP contribution in [0.4, 0.5) is 0 Å². The van der Waals surface area contributed by atoms with Crippen molar-refractivity contribution in [3.8, 4) is 0 Å². The number of hydrogen-bond acceptors (Lipinski definition) is 3. The Morgan fingerprint density at radius 2 is 1.59 bits per heavy atom. The Morgan fingerprint density at radius 3 is 2.14 bits per heavy atom. The van der Waals surface area contributed by atoms with Crippen LogP contribution >= 0.6 is 0 Å². The molecule has 2 aromatic rings. The number of nitrogens with two attached hydrogens (primary N) is 1. The predicted octanol–water partition coefficient (Wildman–Crippen LogP) is 2.66. The molecule has 2 rings (SSSR count). The van der Waals surface area contributed by atoms with Crippen LogP contribution in [0.2, 0.25) is 0 Å². The summed E-state index contributed by atoms with van der Waals surface area (Å²) >= 11 is 0. The lowest BCUT2D eigenvalue weighted by atomic mass is 9.92. The Kier molecular flexibility index (Phi) is 5.44. The van der Waals surface area contributed by atoms with E-state index in [1.54, 1.807) is 24.3 Å². The molecule has 1 unspecified atom stereocenters. The maximum Gasteiger partial charge on any atom is 0.307 e. The number of aliphatic carboxylic acids is 1. The van der Waals surface area contributed by atoms with Gasteiger partial charge in [0.05, 0.1) is 5.92 Å². The molecule has 3 N–H and O–H groups in total. The van der Waals surface area contributed by atoms with E-state index < -0.39 is 11.9 Å². The Morgan fingerprint density at radius 1 is 0.955 bits per heavy atom. The number of carboxylic acids is 1. The van der Waals surface area contributed by atoms with E-state index in [1.807, 2.05) is 30.3 Å². The summed E-state index contributed by atoms with van der Waals surface area (Å²) in [7, 11) is 0. The zero-order valence-electron chi connectivity index (χ0n) is 12.2. The van der Waals surface area contributed by atoms with Gasteiger partial charge in [-0.2, -0.15) is 0 Å². The minimum Gasteiger partial charge on any atom is -0.481 e.